The molecule has 2 aromatic carbocycles. The number of nitrogens with zero attached hydrogens (tertiary/aromatic N) is 3. The third kappa shape index (κ3) is 5.06. The Morgan fingerprint density at radius 3 is 2.31 bits per heavy atom. The number of anilines is 2. The van der Waals surface area contributed by atoms with Crippen LogP contribution in [0.4, 0.5) is 24.9 Å². The highest BCUT2D eigenvalue weighted by Crippen LogP contribution is 2.36. The molecular weight excluding hydrogens is 457 g/mol. The number of carbonyl (C=O) groups is 1. The molecule has 0 saturated heterocycles. The van der Waals surface area contributed by atoms with E-state index in [1.54, 1.807) is 37.4 Å². The Labute approximate surface area is 199 Å². The molecule has 0 fully saturated rings. The normalized spacial score (nSPS) is 11.7. The number of nitrogen functional groups attached to an aromatic ring is 1. The van der Waals surface area contributed by atoms with Gasteiger partial charge in [-0.3, -0.25) is 20.6 Å². The zero-order chi connectivity index (χ0) is 25.1. The summed E-state index contributed by atoms with van der Waals surface area (Å²) in [7, 11) is 0. The van der Waals surface area contributed by atoms with Crippen molar-refractivity contribution in [2.45, 2.75) is 19.8 Å². The zero-order valence-corrected chi connectivity index (χ0v) is 18.8. The van der Waals surface area contributed by atoms with Crippen LogP contribution in [0.3, 0.4) is 0 Å². The lowest BCUT2D eigenvalue weighted by atomic mass is 9.99. The number of amides is 1. The molecular formula is C25H21F3N6O. The molecule has 1 atom stereocenters. The summed E-state index contributed by atoms with van der Waals surface area (Å²) in [6.45, 7) is 3.18. The van der Waals surface area contributed by atoms with Crippen LogP contribution in [0.25, 0.3) is 22.4 Å². The maximum Gasteiger partial charge on any atom is 0.245 e. The Balaban J connectivity index is 1.74. The van der Waals surface area contributed by atoms with Crippen molar-refractivity contribution in [3.8, 4) is 22.4 Å². The third-order valence-electron chi connectivity index (χ3n) is 5.36. The molecule has 2 aromatic heterocycles. The van der Waals surface area contributed by atoms with Crippen LogP contribution in [0.5, 0.6) is 0 Å². The molecule has 0 spiro atoms. The quantitative estimate of drug-likeness (QED) is 0.345. The Kier molecular flexibility index (Phi) is 6.63. The second-order valence-corrected chi connectivity index (χ2v) is 7.82. The van der Waals surface area contributed by atoms with Gasteiger partial charge in [0.05, 0.1) is 17.2 Å². The molecule has 0 radical (unpaired) electrons. The highest BCUT2D eigenvalue weighted by atomic mass is 19.1. The van der Waals surface area contributed by atoms with E-state index < -0.39 is 29.3 Å². The molecule has 0 aliphatic heterocycles. The van der Waals surface area contributed by atoms with Crippen molar-refractivity contribution in [1.29, 1.82) is 0 Å². The second-order valence-electron chi connectivity index (χ2n) is 7.82. The van der Waals surface area contributed by atoms with Gasteiger partial charge in [-0.25, -0.2) is 18.2 Å². The largest absolute Gasteiger partial charge is 0.368 e. The number of benzene rings is 2. The summed E-state index contributed by atoms with van der Waals surface area (Å²) < 4.78 is 41.9. The van der Waals surface area contributed by atoms with E-state index in [4.69, 9.17) is 5.73 Å². The summed E-state index contributed by atoms with van der Waals surface area (Å²) in [6, 6.07) is 12.6. The van der Waals surface area contributed by atoms with E-state index in [1.807, 2.05) is 0 Å². The first-order valence-electron chi connectivity index (χ1n) is 10.6. The van der Waals surface area contributed by atoms with Gasteiger partial charge in [0.2, 0.25) is 11.9 Å². The fourth-order valence-corrected chi connectivity index (χ4v) is 3.64. The number of nitrogens with two attached hydrogens (primary N) is 1. The number of hydrazine groups is 1. The van der Waals surface area contributed by atoms with Crippen LogP contribution in [-0.2, 0) is 4.79 Å². The second kappa shape index (κ2) is 9.80. The Morgan fingerprint density at radius 1 is 0.971 bits per heavy atom. The molecule has 4 aromatic rings. The van der Waals surface area contributed by atoms with Gasteiger partial charge in [-0.15, -0.1) is 0 Å². The number of pyridine rings is 1. The number of aryl methyl sites for hydroxylation is 1. The van der Waals surface area contributed by atoms with E-state index in [0.29, 0.717) is 28.1 Å². The highest BCUT2D eigenvalue weighted by molar-refractivity contribution is 5.90. The lowest BCUT2D eigenvalue weighted by Crippen LogP contribution is -2.34. The fraction of sp³-hybridized carbons (Fsp3) is 0.120. The number of nitrogens with one attached hydrogen (secondary N) is 2. The van der Waals surface area contributed by atoms with Crippen molar-refractivity contribution < 1.29 is 18.0 Å². The molecule has 7 nitrogen and oxygen atoms in total. The van der Waals surface area contributed by atoms with E-state index in [2.05, 4.69) is 25.8 Å². The van der Waals surface area contributed by atoms with E-state index >= 15 is 0 Å². The molecule has 4 N–H and O–H groups in total. The van der Waals surface area contributed by atoms with Crippen molar-refractivity contribution in [3.05, 3.63) is 89.5 Å². The summed E-state index contributed by atoms with van der Waals surface area (Å²) in [5, 5.41) is 0. The van der Waals surface area contributed by atoms with E-state index in [1.165, 1.54) is 25.1 Å². The van der Waals surface area contributed by atoms with Crippen molar-refractivity contribution >= 4 is 17.7 Å². The first kappa shape index (κ1) is 23.7. The minimum atomic E-state index is -1.15. The number of halogens is 3. The van der Waals surface area contributed by atoms with Gasteiger partial charge in [0.15, 0.2) is 5.82 Å². The molecule has 2 heterocycles. The molecule has 10 heteroatoms. The van der Waals surface area contributed by atoms with Crippen molar-refractivity contribution in [2.24, 2.45) is 0 Å². The van der Waals surface area contributed by atoms with Gasteiger partial charge >= 0.3 is 0 Å². The summed E-state index contributed by atoms with van der Waals surface area (Å²) in [4.78, 5) is 25.5. The van der Waals surface area contributed by atoms with Crippen LogP contribution >= 0.6 is 0 Å². The predicted octanol–water partition coefficient (Wildman–Crippen LogP) is 4.76. The summed E-state index contributed by atoms with van der Waals surface area (Å²) in [5.41, 5.74) is 13.5. The lowest BCUT2D eigenvalue weighted by Gasteiger charge is -2.19. The molecule has 0 bridgehead atoms. The van der Waals surface area contributed by atoms with Gasteiger partial charge in [-0.1, -0.05) is 6.07 Å². The van der Waals surface area contributed by atoms with E-state index in [-0.39, 0.29) is 17.3 Å². The standard InChI is InChI=1S/C25H21F3N6O/c1-13-12-16(10-11-30-13)21-22(15-6-8-17(26)9-7-15)31-25(29)32-23(21)33-34-24(35)14(2)20-18(27)4-3-5-19(20)28/h3-12,14H,1-2H3,(H,34,35)(H3,29,31,32,33). The van der Waals surface area contributed by atoms with Gasteiger partial charge in [0, 0.05) is 23.0 Å². The molecule has 178 valence electrons. The molecule has 4 rings (SSSR count). The fourth-order valence-electron chi connectivity index (χ4n) is 3.64. The van der Waals surface area contributed by atoms with E-state index in [9.17, 15) is 18.0 Å². The Bertz CT molecular complexity index is 1370. The molecule has 1 unspecified atom stereocenters. The van der Waals surface area contributed by atoms with Gasteiger partial charge in [-0.05, 0) is 67.9 Å². The number of hydrogen-bond acceptors (Lipinski definition) is 6. The molecule has 1 amide bonds. The average Bonchev–Trinajstić information content (AvgIpc) is 2.82. The van der Waals surface area contributed by atoms with Gasteiger partial charge in [-0.2, -0.15) is 4.98 Å². The maximum atomic E-state index is 14.2. The Morgan fingerprint density at radius 2 is 1.66 bits per heavy atom. The van der Waals surface area contributed by atoms with Gasteiger partial charge in [0.25, 0.3) is 0 Å². The van der Waals surface area contributed by atoms with Crippen LogP contribution in [-0.4, -0.2) is 20.9 Å². The van der Waals surface area contributed by atoms with Crippen LogP contribution < -0.4 is 16.6 Å². The van der Waals surface area contributed by atoms with Crippen molar-refractivity contribution in [2.75, 3.05) is 11.2 Å². The topological polar surface area (TPSA) is 106 Å². The summed E-state index contributed by atoms with van der Waals surface area (Å²) >= 11 is 0. The van der Waals surface area contributed by atoms with E-state index in [0.717, 1.165) is 12.1 Å². The summed E-state index contributed by atoms with van der Waals surface area (Å²) in [5.74, 6) is -3.90. The number of carbonyl (C=O) groups excluding carboxylic acids is 1. The zero-order valence-electron chi connectivity index (χ0n) is 18.8. The third-order valence-corrected chi connectivity index (χ3v) is 5.36. The minimum absolute atomic E-state index is 0.108. The predicted molar refractivity (Wildman–Crippen MR) is 126 cm³/mol. The smallest absolute Gasteiger partial charge is 0.245 e. The van der Waals surface area contributed by atoms with Gasteiger partial charge < -0.3 is 5.73 Å². The van der Waals surface area contributed by atoms with Crippen LogP contribution in [0, 0.1) is 24.4 Å². The first-order valence-corrected chi connectivity index (χ1v) is 10.6. The van der Waals surface area contributed by atoms with Gasteiger partial charge in [0.1, 0.15) is 17.5 Å². The first-order chi connectivity index (χ1) is 16.7. The molecule has 35 heavy (non-hydrogen) atoms. The van der Waals surface area contributed by atoms with Crippen molar-refractivity contribution in [3.63, 3.8) is 0 Å². The number of aromatic nitrogens is 3. The lowest BCUT2D eigenvalue weighted by molar-refractivity contribution is -0.121. The highest BCUT2D eigenvalue weighted by Gasteiger charge is 2.24. The molecule has 0 saturated carbocycles. The van der Waals surface area contributed by atoms with Crippen molar-refractivity contribution in [1.82, 2.24) is 20.4 Å². The SMILES string of the molecule is Cc1cc(-c2c(NNC(=O)C(C)c3c(F)cccc3F)nc(N)nc2-c2ccc(F)cc2)ccn1. The molecule has 0 aliphatic carbocycles. The minimum Gasteiger partial charge on any atom is -0.368 e. The number of hydrogen-bond donors (Lipinski definition) is 3. The molecule has 0 aliphatic rings. The monoisotopic (exact) mass is 478 g/mol. The van der Waals surface area contributed by atoms with Crippen LogP contribution in [0.2, 0.25) is 0 Å². The maximum absolute atomic E-state index is 14.2. The Hall–Kier alpha value is -4.47. The number of rotatable bonds is 6. The van der Waals surface area contributed by atoms with Crippen LogP contribution in [0.15, 0.2) is 60.8 Å². The average molecular weight is 478 g/mol. The summed E-state index contributed by atoms with van der Waals surface area (Å²) in [6.07, 6.45) is 1.60. The van der Waals surface area contributed by atoms with Crippen LogP contribution in [0.1, 0.15) is 24.1 Å².